The molecule has 0 aliphatic rings. The lowest BCUT2D eigenvalue weighted by Gasteiger charge is -2.08. The predicted octanol–water partition coefficient (Wildman–Crippen LogP) is 1.64. The van der Waals surface area contributed by atoms with Crippen molar-refractivity contribution in [3.8, 4) is 0 Å². The molecule has 1 unspecified atom stereocenters. The molecule has 2 aromatic rings. The number of nitrogens with one attached hydrogen (secondary N) is 1. The van der Waals surface area contributed by atoms with E-state index in [1.165, 1.54) is 0 Å². The Morgan fingerprint density at radius 3 is 3.17 bits per heavy atom. The molecular weight excluding hydrogens is 232 g/mol. The van der Waals surface area contributed by atoms with Gasteiger partial charge >= 0.3 is 5.97 Å². The van der Waals surface area contributed by atoms with Crippen molar-refractivity contribution in [3.63, 3.8) is 0 Å². The largest absolute Gasteiger partial charge is 0.481 e. The van der Waals surface area contributed by atoms with Gasteiger partial charge < -0.3 is 10.4 Å². The first kappa shape index (κ1) is 12.3. The van der Waals surface area contributed by atoms with Gasteiger partial charge in [0.05, 0.1) is 12.1 Å². The van der Waals surface area contributed by atoms with Crippen LogP contribution >= 0.6 is 0 Å². The predicted molar refractivity (Wildman–Crippen MR) is 67.5 cm³/mol. The minimum Gasteiger partial charge on any atom is -0.481 e. The van der Waals surface area contributed by atoms with Crippen LogP contribution in [0.1, 0.15) is 19.8 Å². The number of anilines is 1. The lowest BCUT2D eigenvalue weighted by molar-refractivity contribution is -0.141. The minimum atomic E-state index is -0.744. The van der Waals surface area contributed by atoms with Crippen molar-refractivity contribution in [1.82, 2.24) is 14.6 Å². The summed E-state index contributed by atoms with van der Waals surface area (Å²) in [6.07, 6.45) is 6.64. The first-order chi connectivity index (χ1) is 8.68. The molecule has 2 aromatic heterocycles. The van der Waals surface area contributed by atoms with Crippen LogP contribution in [0.15, 0.2) is 24.7 Å². The molecule has 0 radical (unpaired) electrons. The zero-order chi connectivity index (χ0) is 13.0. The smallest absolute Gasteiger partial charge is 0.306 e. The highest BCUT2D eigenvalue weighted by molar-refractivity contribution is 5.69. The summed E-state index contributed by atoms with van der Waals surface area (Å²) >= 11 is 0. The Morgan fingerprint density at radius 2 is 2.39 bits per heavy atom. The number of carboxylic acids is 1. The Kier molecular flexibility index (Phi) is 3.76. The molecule has 18 heavy (non-hydrogen) atoms. The van der Waals surface area contributed by atoms with Gasteiger partial charge in [-0.05, 0) is 18.9 Å². The van der Waals surface area contributed by atoms with E-state index in [1.807, 2.05) is 6.07 Å². The number of nitrogens with zero attached hydrogens (tertiary/aromatic N) is 3. The van der Waals surface area contributed by atoms with Crippen LogP contribution in [0.2, 0.25) is 0 Å². The number of hydrogen-bond acceptors (Lipinski definition) is 4. The van der Waals surface area contributed by atoms with Crippen molar-refractivity contribution in [1.29, 1.82) is 0 Å². The van der Waals surface area contributed by atoms with E-state index in [0.29, 0.717) is 13.0 Å². The number of aromatic nitrogens is 3. The van der Waals surface area contributed by atoms with E-state index >= 15 is 0 Å². The van der Waals surface area contributed by atoms with E-state index in [0.717, 1.165) is 17.8 Å². The van der Waals surface area contributed by atoms with Crippen molar-refractivity contribution >= 4 is 17.3 Å². The maximum Gasteiger partial charge on any atom is 0.306 e. The van der Waals surface area contributed by atoms with E-state index in [2.05, 4.69) is 15.4 Å². The standard InChI is InChI=1S/C12H16N4O2/c1-9(12(17)18)3-2-5-13-11-10-4-6-15-16(10)8-7-14-11/h4,6-9H,2-3,5H2,1H3,(H,13,14)(H,17,18). The number of fused-ring (bicyclic) bond motifs is 1. The zero-order valence-electron chi connectivity index (χ0n) is 10.2. The molecule has 1 atom stereocenters. The summed E-state index contributed by atoms with van der Waals surface area (Å²) in [7, 11) is 0. The lowest BCUT2D eigenvalue weighted by Crippen LogP contribution is -2.12. The quantitative estimate of drug-likeness (QED) is 0.760. The SMILES string of the molecule is CC(CCCNc1nccn2nccc12)C(=O)O. The first-order valence-electron chi connectivity index (χ1n) is 5.93. The molecule has 0 fully saturated rings. The summed E-state index contributed by atoms with van der Waals surface area (Å²) in [5, 5.41) is 16.1. The second-order valence-corrected chi connectivity index (χ2v) is 4.25. The van der Waals surface area contributed by atoms with Crippen LogP contribution in [-0.2, 0) is 4.79 Å². The fourth-order valence-corrected chi connectivity index (χ4v) is 1.73. The van der Waals surface area contributed by atoms with Crippen molar-refractivity contribution in [2.24, 2.45) is 5.92 Å². The molecule has 0 amide bonds. The first-order valence-corrected chi connectivity index (χ1v) is 5.93. The van der Waals surface area contributed by atoms with Crippen molar-refractivity contribution in [3.05, 3.63) is 24.7 Å². The molecule has 6 nitrogen and oxygen atoms in total. The molecule has 0 aliphatic heterocycles. The van der Waals surface area contributed by atoms with E-state index in [4.69, 9.17) is 5.11 Å². The summed E-state index contributed by atoms with van der Waals surface area (Å²) in [4.78, 5) is 14.9. The zero-order valence-corrected chi connectivity index (χ0v) is 10.2. The van der Waals surface area contributed by atoms with Gasteiger partial charge in [0.15, 0.2) is 5.82 Å². The summed E-state index contributed by atoms with van der Waals surface area (Å²) in [5.41, 5.74) is 0.920. The fourth-order valence-electron chi connectivity index (χ4n) is 1.73. The molecular formula is C12H16N4O2. The van der Waals surface area contributed by atoms with Crippen LogP contribution in [0.3, 0.4) is 0 Å². The summed E-state index contributed by atoms with van der Waals surface area (Å²) < 4.78 is 1.75. The lowest BCUT2D eigenvalue weighted by atomic mass is 10.1. The van der Waals surface area contributed by atoms with Gasteiger partial charge in [-0.2, -0.15) is 5.10 Å². The van der Waals surface area contributed by atoms with Crippen LogP contribution < -0.4 is 5.32 Å². The van der Waals surface area contributed by atoms with Crippen LogP contribution in [0, 0.1) is 5.92 Å². The maximum atomic E-state index is 10.7. The van der Waals surface area contributed by atoms with Gasteiger partial charge in [-0.25, -0.2) is 9.50 Å². The number of rotatable bonds is 6. The van der Waals surface area contributed by atoms with Crippen molar-refractivity contribution in [2.45, 2.75) is 19.8 Å². The van der Waals surface area contributed by atoms with E-state index in [9.17, 15) is 4.79 Å². The van der Waals surface area contributed by atoms with E-state index in [1.54, 1.807) is 30.0 Å². The molecule has 0 aromatic carbocycles. The van der Waals surface area contributed by atoms with Gasteiger partial charge in [0.1, 0.15) is 5.52 Å². The number of hydrogen-bond donors (Lipinski definition) is 2. The Bertz CT molecular complexity index is 538. The fraction of sp³-hybridized carbons (Fsp3) is 0.417. The third kappa shape index (κ3) is 2.77. The van der Waals surface area contributed by atoms with Gasteiger partial charge in [-0.1, -0.05) is 6.92 Å². The van der Waals surface area contributed by atoms with Crippen LogP contribution in [-0.4, -0.2) is 32.2 Å². The van der Waals surface area contributed by atoms with Gasteiger partial charge in [-0.3, -0.25) is 4.79 Å². The summed E-state index contributed by atoms with van der Waals surface area (Å²) in [5.74, 6) is -0.269. The highest BCUT2D eigenvalue weighted by Crippen LogP contribution is 2.13. The minimum absolute atomic E-state index is 0.300. The Labute approximate surface area is 105 Å². The average Bonchev–Trinajstić information content (AvgIpc) is 2.83. The average molecular weight is 248 g/mol. The third-order valence-electron chi connectivity index (χ3n) is 2.85. The molecule has 0 aliphatic carbocycles. The normalized spacial score (nSPS) is 12.5. The topological polar surface area (TPSA) is 79.5 Å². The Hall–Kier alpha value is -2.11. The maximum absolute atomic E-state index is 10.7. The highest BCUT2D eigenvalue weighted by atomic mass is 16.4. The van der Waals surface area contributed by atoms with E-state index in [-0.39, 0.29) is 5.92 Å². The molecule has 96 valence electrons. The Morgan fingerprint density at radius 1 is 1.56 bits per heavy atom. The molecule has 2 heterocycles. The molecule has 6 heteroatoms. The van der Waals surface area contributed by atoms with Crippen molar-refractivity contribution < 1.29 is 9.90 Å². The van der Waals surface area contributed by atoms with Crippen LogP contribution in [0.5, 0.6) is 0 Å². The number of carboxylic acid groups (broad SMARTS) is 1. The van der Waals surface area contributed by atoms with Gasteiger partial charge in [0, 0.05) is 18.9 Å². The Balaban J connectivity index is 1.87. The number of aliphatic carboxylic acids is 1. The van der Waals surface area contributed by atoms with E-state index < -0.39 is 5.97 Å². The molecule has 2 N–H and O–H groups in total. The highest BCUT2D eigenvalue weighted by Gasteiger charge is 2.09. The molecule has 0 spiro atoms. The number of carbonyl (C=O) groups is 1. The summed E-state index contributed by atoms with van der Waals surface area (Å²) in [6, 6.07) is 1.88. The molecule has 0 saturated carbocycles. The monoisotopic (exact) mass is 248 g/mol. The van der Waals surface area contributed by atoms with Crippen molar-refractivity contribution in [2.75, 3.05) is 11.9 Å². The molecule has 0 bridgehead atoms. The van der Waals surface area contributed by atoms with Gasteiger partial charge in [0.25, 0.3) is 0 Å². The summed E-state index contributed by atoms with van der Waals surface area (Å²) in [6.45, 7) is 2.42. The third-order valence-corrected chi connectivity index (χ3v) is 2.85. The second kappa shape index (κ2) is 5.48. The second-order valence-electron chi connectivity index (χ2n) is 4.25. The van der Waals surface area contributed by atoms with Gasteiger partial charge in [0.2, 0.25) is 0 Å². The molecule has 2 rings (SSSR count). The van der Waals surface area contributed by atoms with Crippen LogP contribution in [0.25, 0.3) is 5.52 Å². The van der Waals surface area contributed by atoms with Crippen LogP contribution in [0.4, 0.5) is 5.82 Å². The molecule has 0 saturated heterocycles. The van der Waals surface area contributed by atoms with Gasteiger partial charge in [-0.15, -0.1) is 0 Å².